The molecule has 2 aromatic rings. The molecule has 1 aliphatic heterocycles. The van der Waals surface area contributed by atoms with Crippen LogP contribution in [0.15, 0.2) is 30.3 Å². The first-order valence-electron chi connectivity index (χ1n) is 11.0. The maximum atomic E-state index is 13.8. The molecule has 0 aliphatic carbocycles. The molecule has 2 heterocycles. The standard InChI is InChI=1S/C22H22ClF4N5O5S/c23-16-4-3-15(38-16)21(35)28-8-13(31-22(36)29-9-17(24)25)20(34)30-11-1-2-14(12(7-11)19(26)27)32-5-6-37-10-18(32)33/h1-4,7,13,17,19H,5-6,8-10H2,(H,28,35)(H,30,34)(H2,29,31,36)/t13-/m1/s1. The third-order valence-corrected chi connectivity index (χ3v) is 6.34. The molecule has 38 heavy (non-hydrogen) atoms. The second-order valence-electron chi connectivity index (χ2n) is 7.77. The van der Waals surface area contributed by atoms with E-state index in [1.165, 1.54) is 24.3 Å². The molecule has 3 rings (SSSR count). The van der Waals surface area contributed by atoms with Gasteiger partial charge in [0.15, 0.2) is 0 Å². The molecule has 1 saturated heterocycles. The Morgan fingerprint density at radius 3 is 2.47 bits per heavy atom. The number of amides is 5. The van der Waals surface area contributed by atoms with Crippen LogP contribution in [0.1, 0.15) is 21.7 Å². The Hall–Kier alpha value is -3.43. The smallest absolute Gasteiger partial charge is 0.315 e. The maximum absolute atomic E-state index is 13.8. The van der Waals surface area contributed by atoms with Crippen molar-refractivity contribution in [1.82, 2.24) is 16.0 Å². The topological polar surface area (TPSA) is 129 Å². The Balaban J connectivity index is 1.75. The van der Waals surface area contributed by atoms with Crippen LogP contribution in [0.2, 0.25) is 4.34 Å². The summed E-state index contributed by atoms with van der Waals surface area (Å²) < 4.78 is 57.9. The molecule has 0 radical (unpaired) electrons. The van der Waals surface area contributed by atoms with E-state index in [9.17, 15) is 36.7 Å². The lowest BCUT2D eigenvalue weighted by atomic mass is 10.1. The van der Waals surface area contributed by atoms with Gasteiger partial charge in [0.1, 0.15) is 12.6 Å². The van der Waals surface area contributed by atoms with E-state index in [2.05, 4.69) is 16.0 Å². The normalized spacial score (nSPS) is 14.4. The zero-order valence-electron chi connectivity index (χ0n) is 19.4. The molecule has 1 aromatic carbocycles. The first kappa shape index (κ1) is 29.1. The Morgan fingerprint density at radius 2 is 1.84 bits per heavy atom. The van der Waals surface area contributed by atoms with Crippen molar-refractivity contribution in [3.63, 3.8) is 0 Å². The van der Waals surface area contributed by atoms with Crippen molar-refractivity contribution in [3.05, 3.63) is 45.1 Å². The second-order valence-corrected chi connectivity index (χ2v) is 9.49. The van der Waals surface area contributed by atoms with Crippen molar-refractivity contribution in [3.8, 4) is 0 Å². The lowest BCUT2D eigenvalue weighted by Gasteiger charge is -2.29. The van der Waals surface area contributed by atoms with Crippen LogP contribution in [0.4, 0.5) is 33.7 Å². The molecule has 1 aliphatic rings. The third-order valence-electron chi connectivity index (χ3n) is 5.11. The minimum Gasteiger partial charge on any atom is -0.370 e. The number of ether oxygens (including phenoxy) is 1. The first-order chi connectivity index (χ1) is 18.0. The van der Waals surface area contributed by atoms with Gasteiger partial charge in [-0.05, 0) is 30.3 Å². The number of nitrogens with zero attached hydrogens (tertiary/aromatic N) is 1. The number of hydrogen-bond acceptors (Lipinski definition) is 6. The molecule has 1 fully saturated rings. The van der Waals surface area contributed by atoms with Crippen molar-refractivity contribution < 1.29 is 41.5 Å². The number of anilines is 2. The van der Waals surface area contributed by atoms with Gasteiger partial charge >= 0.3 is 6.03 Å². The van der Waals surface area contributed by atoms with Crippen LogP contribution >= 0.6 is 22.9 Å². The molecule has 4 N–H and O–H groups in total. The highest BCUT2D eigenvalue weighted by atomic mass is 35.5. The van der Waals surface area contributed by atoms with Crippen LogP contribution in [0, 0.1) is 0 Å². The molecule has 206 valence electrons. The summed E-state index contributed by atoms with van der Waals surface area (Å²) in [5.74, 6) is -2.05. The van der Waals surface area contributed by atoms with Crippen LogP contribution < -0.4 is 26.2 Å². The zero-order chi connectivity index (χ0) is 27.8. The predicted molar refractivity (Wildman–Crippen MR) is 131 cm³/mol. The number of nitrogens with one attached hydrogen (secondary N) is 4. The molecule has 0 spiro atoms. The largest absolute Gasteiger partial charge is 0.370 e. The van der Waals surface area contributed by atoms with E-state index >= 15 is 0 Å². The maximum Gasteiger partial charge on any atom is 0.315 e. The van der Waals surface area contributed by atoms with E-state index in [4.69, 9.17) is 16.3 Å². The van der Waals surface area contributed by atoms with Crippen molar-refractivity contribution >= 4 is 58.1 Å². The fourth-order valence-corrected chi connectivity index (χ4v) is 4.32. The Labute approximate surface area is 222 Å². The number of carbonyl (C=O) groups is 4. The summed E-state index contributed by atoms with van der Waals surface area (Å²) in [6.07, 6.45) is -5.84. The highest BCUT2D eigenvalue weighted by molar-refractivity contribution is 7.18. The van der Waals surface area contributed by atoms with Crippen LogP contribution in [-0.2, 0) is 14.3 Å². The van der Waals surface area contributed by atoms with Crippen LogP contribution in [-0.4, -0.2) is 69.1 Å². The molecule has 1 atom stereocenters. The lowest BCUT2D eigenvalue weighted by molar-refractivity contribution is -0.125. The second kappa shape index (κ2) is 13.4. The number of carbonyl (C=O) groups excluding carboxylic acids is 4. The number of morpholine rings is 1. The number of benzene rings is 1. The number of rotatable bonds is 10. The van der Waals surface area contributed by atoms with Crippen molar-refractivity contribution in [2.75, 3.05) is 43.1 Å². The molecule has 0 unspecified atom stereocenters. The molecule has 5 amide bonds. The van der Waals surface area contributed by atoms with Crippen LogP contribution in [0.5, 0.6) is 0 Å². The minimum absolute atomic E-state index is 0.0470. The Bertz CT molecular complexity index is 1180. The van der Waals surface area contributed by atoms with Gasteiger partial charge in [0.25, 0.3) is 24.7 Å². The van der Waals surface area contributed by atoms with E-state index in [1.807, 2.05) is 5.32 Å². The predicted octanol–water partition coefficient (Wildman–Crippen LogP) is 3.00. The molecule has 0 saturated carbocycles. The molecular formula is C22H22ClF4N5O5S. The number of hydrogen-bond donors (Lipinski definition) is 4. The van der Waals surface area contributed by atoms with Gasteiger partial charge in [-0.3, -0.25) is 14.4 Å². The van der Waals surface area contributed by atoms with Crippen LogP contribution in [0.3, 0.4) is 0 Å². The first-order valence-corrected chi connectivity index (χ1v) is 12.2. The molecule has 10 nitrogen and oxygen atoms in total. The van der Waals surface area contributed by atoms with Gasteiger partial charge < -0.3 is 30.9 Å². The van der Waals surface area contributed by atoms with Gasteiger partial charge in [0.2, 0.25) is 5.91 Å². The average molecular weight is 580 g/mol. The van der Waals surface area contributed by atoms with Crippen molar-refractivity contribution in [1.29, 1.82) is 0 Å². The van der Waals surface area contributed by atoms with Gasteiger partial charge in [-0.2, -0.15) is 0 Å². The molecule has 1 aromatic heterocycles. The summed E-state index contributed by atoms with van der Waals surface area (Å²) in [4.78, 5) is 50.7. The summed E-state index contributed by atoms with van der Waals surface area (Å²) in [7, 11) is 0. The van der Waals surface area contributed by atoms with Gasteiger partial charge in [-0.25, -0.2) is 22.4 Å². The van der Waals surface area contributed by atoms with E-state index in [0.717, 1.165) is 22.3 Å². The summed E-state index contributed by atoms with van der Waals surface area (Å²) in [5.41, 5.74) is -0.666. The number of halogens is 5. The highest BCUT2D eigenvalue weighted by Gasteiger charge is 2.27. The van der Waals surface area contributed by atoms with E-state index < -0.39 is 61.3 Å². The Morgan fingerprint density at radius 1 is 1.08 bits per heavy atom. The fourth-order valence-electron chi connectivity index (χ4n) is 3.36. The van der Waals surface area contributed by atoms with Crippen LogP contribution in [0.25, 0.3) is 0 Å². The van der Waals surface area contributed by atoms with Gasteiger partial charge in [-0.1, -0.05) is 11.6 Å². The summed E-state index contributed by atoms with van der Waals surface area (Å²) >= 11 is 6.77. The molecule has 16 heteroatoms. The highest BCUT2D eigenvalue weighted by Crippen LogP contribution is 2.33. The monoisotopic (exact) mass is 579 g/mol. The van der Waals surface area contributed by atoms with Crippen molar-refractivity contribution in [2.45, 2.75) is 18.9 Å². The van der Waals surface area contributed by atoms with E-state index in [-0.39, 0.29) is 36.0 Å². The van der Waals surface area contributed by atoms with Crippen molar-refractivity contribution in [2.24, 2.45) is 0 Å². The minimum atomic E-state index is -3.00. The third kappa shape index (κ3) is 8.03. The number of thiophene rings is 1. The lowest BCUT2D eigenvalue weighted by Crippen LogP contribution is -2.53. The molecule has 0 bridgehead atoms. The summed E-state index contributed by atoms with van der Waals surface area (Å²) in [5, 5.41) is 8.81. The van der Waals surface area contributed by atoms with E-state index in [0.29, 0.717) is 4.34 Å². The van der Waals surface area contributed by atoms with Gasteiger partial charge in [0.05, 0.1) is 28.1 Å². The van der Waals surface area contributed by atoms with Gasteiger partial charge in [-0.15, -0.1) is 11.3 Å². The zero-order valence-corrected chi connectivity index (χ0v) is 21.0. The van der Waals surface area contributed by atoms with E-state index in [1.54, 1.807) is 0 Å². The summed E-state index contributed by atoms with van der Waals surface area (Å²) in [6.45, 7) is -1.48. The summed E-state index contributed by atoms with van der Waals surface area (Å²) in [6, 6.07) is 3.81. The SMILES string of the molecule is O=C(NCC(F)F)N[C@H](CNC(=O)c1ccc(Cl)s1)C(=O)Nc1ccc(N2CCOCC2=O)c(C(F)F)c1. The quantitative estimate of drug-likeness (QED) is 0.322. The molecular weight excluding hydrogens is 558 g/mol. The average Bonchev–Trinajstić information content (AvgIpc) is 3.31. The number of urea groups is 1. The fraction of sp³-hybridized carbons (Fsp3) is 0.364. The Kier molecular flexibility index (Phi) is 10.3. The number of alkyl halides is 4. The van der Waals surface area contributed by atoms with Gasteiger partial charge in [0, 0.05) is 24.3 Å².